The van der Waals surface area contributed by atoms with Crippen molar-refractivity contribution in [1.82, 2.24) is 0 Å². The maximum absolute atomic E-state index is 11.8. The van der Waals surface area contributed by atoms with Gasteiger partial charge in [-0.25, -0.2) is 13.6 Å². The molecule has 10 nitrogen and oxygen atoms in total. The number of benzene rings is 3. The number of nitrogens with two attached hydrogens (primary N) is 1. The zero-order valence-corrected chi connectivity index (χ0v) is 15.3. The SMILES string of the molecule is COc1cccc2c(O)ccc(N=Nc3ccc([N+](=O)[O-])cc3S(N)(=O)=O)c12. The van der Waals surface area contributed by atoms with E-state index in [1.807, 2.05) is 0 Å². The first-order valence-corrected chi connectivity index (χ1v) is 9.28. The highest BCUT2D eigenvalue weighted by molar-refractivity contribution is 7.89. The molecule has 0 bridgehead atoms. The molecule has 0 aliphatic carbocycles. The van der Waals surface area contributed by atoms with Gasteiger partial charge in [-0.2, -0.15) is 0 Å². The lowest BCUT2D eigenvalue weighted by atomic mass is 10.1. The molecular formula is C17H14N4O6S. The molecule has 0 saturated carbocycles. The number of methoxy groups -OCH3 is 1. The van der Waals surface area contributed by atoms with Crippen LogP contribution in [0.3, 0.4) is 0 Å². The van der Waals surface area contributed by atoms with Crippen molar-refractivity contribution in [2.75, 3.05) is 7.11 Å². The Morgan fingerprint density at radius 2 is 1.79 bits per heavy atom. The van der Waals surface area contributed by atoms with Crippen LogP contribution in [0.5, 0.6) is 11.5 Å². The van der Waals surface area contributed by atoms with Gasteiger partial charge in [-0.1, -0.05) is 12.1 Å². The summed E-state index contributed by atoms with van der Waals surface area (Å²) < 4.78 is 28.9. The van der Waals surface area contributed by atoms with Crippen LogP contribution in [-0.4, -0.2) is 25.6 Å². The Morgan fingerprint density at radius 3 is 2.43 bits per heavy atom. The molecule has 3 aromatic carbocycles. The first-order valence-electron chi connectivity index (χ1n) is 7.74. The van der Waals surface area contributed by atoms with Crippen molar-refractivity contribution in [3.63, 3.8) is 0 Å². The minimum Gasteiger partial charge on any atom is -0.507 e. The first kappa shape index (κ1) is 19.2. The lowest BCUT2D eigenvalue weighted by Gasteiger charge is -2.09. The number of hydrogen-bond donors (Lipinski definition) is 2. The first-order chi connectivity index (χ1) is 13.2. The molecule has 28 heavy (non-hydrogen) atoms. The summed E-state index contributed by atoms with van der Waals surface area (Å²) in [7, 11) is -2.83. The normalized spacial score (nSPS) is 11.8. The summed E-state index contributed by atoms with van der Waals surface area (Å²) in [5, 5.41) is 35.0. The number of azo groups is 1. The van der Waals surface area contributed by atoms with Crippen LogP contribution in [0.4, 0.5) is 17.1 Å². The molecule has 0 spiro atoms. The third kappa shape index (κ3) is 3.61. The van der Waals surface area contributed by atoms with Crippen LogP contribution in [0.2, 0.25) is 0 Å². The summed E-state index contributed by atoms with van der Waals surface area (Å²) in [5.41, 5.74) is -0.312. The minimum atomic E-state index is -4.28. The molecule has 0 atom stereocenters. The Balaban J connectivity index is 2.18. The van der Waals surface area contributed by atoms with Crippen molar-refractivity contribution in [3.05, 3.63) is 58.6 Å². The summed E-state index contributed by atoms with van der Waals surface area (Å²) in [6.07, 6.45) is 0. The average molecular weight is 402 g/mol. The molecule has 0 heterocycles. The number of nitro groups is 1. The van der Waals surface area contributed by atoms with Gasteiger partial charge in [0.2, 0.25) is 10.0 Å². The number of nitro benzene ring substituents is 1. The molecule has 0 aromatic heterocycles. The molecule has 3 aromatic rings. The van der Waals surface area contributed by atoms with Crippen molar-refractivity contribution in [2.45, 2.75) is 4.90 Å². The molecule has 0 unspecified atom stereocenters. The molecule has 3 rings (SSSR count). The number of ether oxygens (including phenoxy) is 1. The van der Waals surface area contributed by atoms with Crippen LogP contribution < -0.4 is 9.88 Å². The topological polar surface area (TPSA) is 157 Å². The van der Waals surface area contributed by atoms with Crippen LogP contribution >= 0.6 is 0 Å². The van der Waals surface area contributed by atoms with E-state index in [1.165, 1.54) is 19.2 Å². The molecule has 3 N–H and O–H groups in total. The van der Waals surface area contributed by atoms with Crippen molar-refractivity contribution in [2.24, 2.45) is 15.4 Å². The number of aromatic hydroxyl groups is 1. The maximum atomic E-state index is 11.8. The summed E-state index contributed by atoms with van der Waals surface area (Å²) >= 11 is 0. The van der Waals surface area contributed by atoms with E-state index < -0.39 is 25.5 Å². The highest BCUT2D eigenvalue weighted by atomic mass is 32.2. The van der Waals surface area contributed by atoms with Crippen molar-refractivity contribution < 1.29 is 23.2 Å². The zero-order chi connectivity index (χ0) is 20.5. The van der Waals surface area contributed by atoms with Gasteiger partial charge < -0.3 is 9.84 Å². The lowest BCUT2D eigenvalue weighted by Crippen LogP contribution is -2.12. The van der Waals surface area contributed by atoms with E-state index in [2.05, 4.69) is 10.2 Å². The third-order valence-corrected chi connectivity index (χ3v) is 4.84. The number of hydrogen-bond acceptors (Lipinski definition) is 8. The van der Waals surface area contributed by atoms with Crippen molar-refractivity contribution in [3.8, 4) is 11.5 Å². The predicted molar refractivity (Wildman–Crippen MR) is 101 cm³/mol. The van der Waals surface area contributed by atoms with Gasteiger partial charge in [0.15, 0.2) is 0 Å². The fourth-order valence-electron chi connectivity index (χ4n) is 2.63. The molecular weight excluding hydrogens is 388 g/mol. The van der Waals surface area contributed by atoms with E-state index in [9.17, 15) is 23.6 Å². The van der Waals surface area contributed by atoms with Crippen molar-refractivity contribution in [1.29, 1.82) is 0 Å². The van der Waals surface area contributed by atoms with Gasteiger partial charge in [-0.05, 0) is 24.3 Å². The van der Waals surface area contributed by atoms with Crippen LogP contribution in [-0.2, 0) is 10.0 Å². The van der Waals surface area contributed by atoms with Gasteiger partial charge in [-0.15, -0.1) is 10.2 Å². The second-order valence-corrected chi connectivity index (χ2v) is 7.17. The van der Waals surface area contributed by atoms with E-state index in [1.54, 1.807) is 18.2 Å². The highest BCUT2D eigenvalue weighted by Crippen LogP contribution is 2.39. The van der Waals surface area contributed by atoms with Gasteiger partial charge in [0.1, 0.15) is 22.1 Å². The van der Waals surface area contributed by atoms with E-state index in [-0.39, 0.29) is 11.4 Å². The predicted octanol–water partition coefficient (Wildman–Crippen LogP) is 3.53. The van der Waals surface area contributed by atoms with E-state index in [4.69, 9.17) is 9.88 Å². The second-order valence-electron chi connectivity index (χ2n) is 5.64. The van der Waals surface area contributed by atoms with E-state index in [0.717, 1.165) is 18.2 Å². The number of rotatable bonds is 5. The zero-order valence-electron chi connectivity index (χ0n) is 14.4. The quantitative estimate of drug-likeness (QED) is 0.377. The van der Waals surface area contributed by atoms with Crippen LogP contribution in [0, 0.1) is 10.1 Å². The molecule has 0 aliphatic rings. The van der Waals surface area contributed by atoms with Gasteiger partial charge in [0.25, 0.3) is 5.69 Å². The molecule has 144 valence electrons. The number of primary sulfonamides is 1. The minimum absolute atomic E-state index is 0.00779. The molecule has 11 heteroatoms. The molecule has 0 radical (unpaired) electrons. The fourth-order valence-corrected chi connectivity index (χ4v) is 3.31. The lowest BCUT2D eigenvalue weighted by molar-refractivity contribution is -0.385. The molecule has 0 aliphatic heterocycles. The Bertz CT molecular complexity index is 1220. The van der Waals surface area contributed by atoms with Crippen LogP contribution in [0.15, 0.2) is 63.7 Å². The van der Waals surface area contributed by atoms with E-state index >= 15 is 0 Å². The summed E-state index contributed by atoms with van der Waals surface area (Å²) in [6.45, 7) is 0. The van der Waals surface area contributed by atoms with Gasteiger partial charge >= 0.3 is 0 Å². The standard InChI is InChI=1S/C17H14N4O6S/c1-27-15-4-2-3-11-14(22)8-7-13(17(11)15)20-19-12-6-5-10(21(23)24)9-16(12)28(18,25)26/h2-9,22H,1H3,(H2,18,25,26). The Kier molecular flexibility index (Phi) is 4.94. The van der Waals surface area contributed by atoms with Crippen molar-refractivity contribution >= 4 is 37.9 Å². The summed E-state index contributed by atoms with van der Waals surface area (Å²) in [6, 6.07) is 11.0. The smallest absolute Gasteiger partial charge is 0.270 e. The molecule has 0 fully saturated rings. The Morgan fingerprint density at radius 1 is 1.11 bits per heavy atom. The monoisotopic (exact) mass is 402 g/mol. The summed E-state index contributed by atoms with van der Waals surface area (Å²) in [5.74, 6) is 0.436. The summed E-state index contributed by atoms with van der Waals surface area (Å²) in [4.78, 5) is 9.63. The Hall–Kier alpha value is -3.57. The third-order valence-electron chi connectivity index (χ3n) is 3.90. The van der Waals surface area contributed by atoms with Gasteiger partial charge in [-0.3, -0.25) is 10.1 Å². The number of phenolic OH excluding ortho intramolecular Hbond substituents is 1. The van der Waals surface area contributed by atoms with Crippen LogP contribution in [0.1, 0.15) is 0 Å². The number of sulfonamides is 1. The van der Waals surface area contributed by atoms with Gasteiger partial charge in [0, 0.05) is 17.5 Å². The number of nitrogens with zero attached hydrogens (tertiary/aromatic N) is 3. The number of phenols is 1. The second kappa shape index (κ2) is 7.21. The molecule has 0 saturated heterocycles. The average Bonchev–Trinajstić information content (AvgIpc) is 2.66. The Labute approximate surface area is 159 Å². The van der Waals surface area contributed by atoms with Gasteiger partial charge in [0.05, 0.1) is 23.1 Å². The molecule has 0 amide bonds. The maximum Gasteiger partial charge on any atom is 0.270 e. The fraction of sp³-hybridized carbons (Fsp3) is 0.0588. The highest BCUT2D eigenvalue weighted by Gasteiger charge is 2.19. The van der Waals surface area contributed by atoms with Crippen LogP contribution in [0.25, 0.3) is 10.8 Å². The number of fused-ring (bicyclic) bond motifs is 1. The number of non-ortho nitro benzene ring substituents is 1. The largest absolute Gasteiger partial charge is 0.507 e. The van der Waals surface area contributed by atoms with E-state index in [0.29, 0.717) is 22.2 Å².